The maximum atomic E-state index is 11.9. The van der Waals surface area contributed by atoms with Gasteiger partial charge in [-0.2, -0.15) is 0 Å². The van der Waals surface area contributed by atoms with Crippen LogP contribution in [-0.2, 0) is 14.3 Å². The molecule has 0 radical (unpaired) electrons. The van der Waals surface area contributed by atoms with Crippen LogP contribution in [0.15, 0.2) is 0 Å². The van der Waals surface area contributed by atoms with Crippen LogP contribution < -0.4 is 5.32 Å². The van der Waals surface area contributed by atoms with Crippen LogP contribution >= 0.6 is 0 Å². The van der Waals surface area contributed by atoms with Gasteiger partial charge in [-0.1, -0.05) is 13.3 Å². The number of carboxylic acids is 1. The molecular weight excluding hydrogens is 210 g/mol. The number of hydrogen-bond donors (Lipinski definition) is 2. The smallest absolute Gasteiger partial charge is 0.328 e. The van der Waals surface area contributed by atoms with Gasteiger partial charge in [-0.3, -0.25) is 4.79 Å². The Labute approximate surface area is 95.2 Å². The lowest BCUT2D eigenvalue weighted by molar-refractivity contribution is -0.147. The second kappa shape index (κ2) is 5.30. The first kappa shape index (κ1) is 13.0. The van der Waals surface area contributed by atoms with Gasteiger partial charge in [0.25, 0.3) is 0 Å². The zero-order valence-corrected chi connectivity index (χ0v) is 9.78. The molecule has 1 unspecified atom stereocenters. The number of carbonyl (C=O) groups is 2. The fourth-order valence-electron chi connectivity index (χ4n) is 2.00. The second-order valence-corrected chi connectivity index (χ2v) is 4.31. The highest BCUT2D eigenvalue weighted by atomic mass is 16.5. The van der Waals surface area contributed by atoms with Gasteiger partial charge in [0.05, 0.1) is 6.61 Å². The number of nitrogens with one attached hydrogen (secondary N) is 1. The minimum absolute atomic E-state index is 0.000861. The average molecular weight is 229 g/mol. The monoisotopic (exact) mass is 229 g/mol. The van der Waals surface area contributed by atoms with Crippen LogP contribution in [0.5, 0.6) is 0 Å². The number of rotatable bonds is 6. The topological polar surface area (TPSA) is 75.6 Å². The molecule has 1 fully saturated rings. The van der Waals surface area contributed by atoms with Crippen molar-refractivity contribution in [3.63, 3.8) is 0 Å². The highest BCUT2D eigenvalue weighted by Gasteiger charge is 2.43. The molecule has 1 atom stereocenters. The first-order valence-electron chi connectivity index (χ1n) is 5.58. The molecule has 1 aliphatic carbocycles. The lowest BCUT2D eigenvalue weighted by atomic mass is 9.66. The third-order valence-corrected chi connectivity index (χ3v) is 3.41. The summed E-state index contributed by atoms with van der Waals surface area (Å²) in [5.41, 5.74) is -0.332. The number of carbonyl (C=O) groups excluding carboxylic acids is 1. The van der Waals surface area contributed by atoms with Crippen LogP contribution in [0.2, 0.25) is 0 Å². The van der Waals surface area contributed by atoms with Gasteiger partial charge in [-0.05, 0) is 19.3 Å². The lowest BCUT2D eigenvalue weighted by Crippen LogP contribution is -2.52. The summed E-state index contributed by atoms with van der Waals surface area (Å²) in [7, 11) is 1.42. The minimum atomic E-state index is -1.05. The van der Waals surface area contributed by atoms with Crippen LogP contribution in [0.25, 0.3) is 0 Å². The fourth-order valence-corrected chi connectivity index (χ4v) is 2.00. The predicted octanol–water partition coefficient (Wildman–Crippen LogP) is 0.782. The number of ether oxygens (including phenoxy) is 1. The predicted molar refractivity (Wildman–Crippen MR) is 58.0 cm³/mol. The molecule has 0 aliphatic heterocycles. The normalized spacial score (nSPS) is 19.6. The summed E-state index contributed by atoms with van der Waals surface area (Å²) in [6.07, 6.45) is 3.52. The van der Waals surface area contributed by atoms with Crippen molar-refractivity contribution in [3.8, 4) is 0 Å². The number of hydrogen-bond acceptors (Lipinski definition) is 3. The standard InChI is InChI=1S/C11H19NO4/c1-3-11(5-4-6-11)10(15)12-8(7-16-2)9(13)14/h8H,3-7H2,1-2H3,(H,12,15)(H,13,14). The molecule has 2 N–H and O–H groups in total. The molecule has 0 spiro atoms. The molecule has 0 aromatic heterocycles. The van der Waals surface area contributed by atoms with Crippen molar-refractivity contribution in [2.45, 2.75) is 38.6 Å². The number of amides is 1. The van der Waals surface area contributed by atoms with E-state index in [1.807, 2.05) is 6.92 Å². The Kier molecular flexibility index (Phi) is 4.29. The molecule has 0 aromatic rings. The van der Waals surface area contributed by atoms with Gasteiger partial charge in [0.1, 0.15) is 0 Å². The van der Waals surface area contributed by atoms with Gasteiger partial charge in [-0.15, -0.1) is 0 Å². The number of aliphatic carboxylic acids is 1. The van der Waals surface area contributed by atoms with Crippen LogP contribution in [0.1, 0.15) is 32.6 Å². The van der Waals surface area contributed by atoms with E-state index >= 15 is 0 Å². The van der Waals surface area contributed by atoms with E-state index in [0.29, 0.717) is 0 Å². The molecule has 0 heterocycles. The molecule has 1 rings (SSSR count). The molecule has 0 saturated heterocycles. The summed E-state index contributed by atoms with van der Waals surface area (Å²) < 4.78 is 4.77. The maximum absolute atomic E-state index is 11.9. The molecule has 1 amide bonds. The van der Waals surface area contributed by atoms with Gasteiger partial charge < -0.3 is 15.2 Å². The summed E-state index contributed by atoms with van der Waals surface area (Å²) in [5, 5.41) is 11.4. The third-order valence-electron chi connectivity index (χ3n) is 3.41. The second-order valence-electron chi connectivity index (χ2n) is 4.31. The van der Waals surface area contributed by atoms with E-state index in [9.17, 15) is 9.59 Å². The van der Waals surface area contributed by atoms with E-state index in [-0.39, 0.29) is 17.9 Å². The first-order valence-corrected chi connectivity index (χ1v) is 5.58. The molecule has 5 nitrogen and oxygen atoms in total. The van der Waals surface area contributed by atoms with Crippen LogP contribution in [0.3, 0.4) is 0 Å². The largest absolute Gasteiger partial charge is 0.480 e. The van der Waals surface area contributed by atoms with Crippen molar-refractivity contribution in [1.29, 1.82) is 0 Å². The molecule has 0 bridgehead atoms. The number of methoxy groups -OCH3 is 1. The summed E-state index contributed by atoms with van der Waals surface area (Å²) >= 11 is 0. The molecule has 0 aromatic carbocycles. The van der Waals surface area contributed by atoms with E-state index in [0.717, 1.165) is 25.7 Å². The van der Waals surface area contributed by atoms with Gasteiger partial charge in [0.15, 0.2) is 6.04 Å². The number of carboxylic acid groups (broad SMARTS) is 1. The Balaban J connectivity index is 2.57. The van der Waals surface area contributed by atoms with Crippen molar-refractivity contribution in [1.82, 2.24) is 5.32 Å². The van der Waals surface area contributed by atoms with Gasteiger partial charge in [0.2, 0.25) is 5.91 Å². The maximum Gasteiger partial charge on any atom is 0.328 e. The molecule has 16 heavy (non-hydrogen) atoms. The Bertz CT molecular complexity index is 268. The third kappa shape index (κ3) is 2.52. The molecule has 1 aliphatic rings. The van der Waals surface area contributed by atoms with Crippen molar-refractivity contribution in [2.75, 3.05) is 13.7 Å². The Morgan fingerprint density at radius 2 is 2.12 bits per heavy atom. The Hall–Kier alpha value is -1.10. The SMILES string of the molecule is CCC1(C(=O)NC(COC)C(=O)O)CCC1. The zero-order chi connectivity index (χ0) is 12.2. The summed E-state index contributed by atoms with van der Waals surface area (Å²) in [5.74, 6) is -1.20. The fraction of sp³-hybridized carbons (Fsp3) is 0.818. The van der Waals surface area contributed by atoms with E-state index in [1.54, 1.807) is 0 Å². The van der Waals surface area contributed by atoms with Crippen molar-refractivity contribution < 1.29 is 19.4 Å². The van der Waals surface area contributed by atoms with Crippen LogP contribution in [-0.4, -0.2) is 36.7 Å². The van der Waals surface area contributed by atoms with Crippen molar-refractivity contribution in [3.05, 3.63) is 0 Å². The Morgan fingerprint density at radius 1 is 1.50 bits per heavy atom. The van der Waals surface area contributed by atoms with Crippen molar-refractivity contribution >= 4 is 11.9 Å². The van der Waals surface area contributed by atoms with Gasteiger partial charge in [0, 0.05) is 12.5 Å². The molecule has 1 saturated carbocycles. The van der Waals surface area contributed by atoms with E-state index < -0.39 is 12.0 Å². The van der Waals surface area contributed by atoms with Crippen LogP contribution in [0, 0.1) is 5.41 Å². The lowest BCUT2D eigenvalue weighted by Gasteiger charge is -2.40. The molecular formula is C11H19NO4. The average Bonchev–Trinajstić information content (AvgIpc) is 2.16. The quantitative estimate of drug-likeness (QED) is 0.705. The highest BCUT2D eigenvalue weighted by Crippen LogP contribution is 2.43. The van der Waals surface area contributed by atoms with Gasteiger partial charge in [-0.25, -0.2) is 4.79 Å². The van der Waals surface area contributed by atoms with Crippen molar-refractivity contribution in [2.24, 2.45) is 5.41 Å². The van der Waals surface area contributed by atoms with E-state index in [4.69, 9.17) is 9.84 Å². The summed E-state index contributed by atoms with van der Waals surface area (Å²) in [4.78, 5) is 22.8. The molecule has 5 heteroatoms. The first-order chi connectivity index (χ1) is 7.55. The Morgan fingerprint density at radius 3 is 2.44 bits per heavy atom. The summed E-state index contributed by atoms with van der Waals surface area (Å²) in [6.45, 7) is 1.96. The van der Waals surface area contributed by atoms with Crippen LogP contribution in [0.4, 0.5) is 0 Å². The zero-order valence-electron chi connectivity index (χ0n) is 9.78. The van der Waals surface area contributed by atoms with E-state index in [2.05, 4.69) is 5.32 Å². The van der Waals surface area contributed by atoms with E-state index in [1.165, 1.54) is 7.11 Å². The minimum Gasteiger partial charge on any atom is -0.480 e. The summed E-state index contributed by atoms with van der Waals surface area (Å²) in [6, 6.07) is -0.943. The molecule has 92 valence electrons. The van der Waals surface area contributed by atoms with Gasteiger partial charge >= 0.3 is 5.97 Å². The highest BCUT2D eigenvalue weighted by molar-refractivity contribution is 5.88.